The number of ether oxygens (including phenoxy) is 2. The van der Waals surface area contributed by atoms with Crippen LogP contribution in [0.3, 0.4) is 0 Å². The molecule has 0 atom stereocenters. The third-order valence-corrected chi connectivity index (χ3v) is 5.29. The van der Waals surface area contributed by atoms with Gasteiger partial charge in [0.1, 0.15) is 5.82 Å². The van der Waals surface area contributed by atoms with Crippen molar-refractivity contribution in [1.29, 1.82) is 0 Å². The first-order chi connectivity index (χ1) is 15.0. The van der Waals surface area contributed by atoms with Gasteiger partial charge in [-0.3, -0.25) is 4.79 Å². The number of aromatic nitrogens is 2. The molecular formula is C22H22F2N4O3. The summed E-state index contributed by atoms with van der Waals surface area (Å²) in [5.41, 5.74) is 0.977. The van der Waals surface area contributed by atoms with Crippen LogP contribution in [0.25, 0.3) is 10.9 Å². The third kappa shape index (κ3) is 4.08. The van der Waals surface area contributed by atoms with E-state index in [-0.39, 0.29) is 5.91 Å². The van der Waals surface area contributed by atoms with Crippen LogP contribution in [-0.4, -0.2) is 61.2 Å². The number of anilines is 1. The number of benzene rings is 2. The predicted octanol–water partition coefficient (Wildman–Crippen LogP) is 3.55. The van der Waals surface area contributed by atoms with E-state index in [0.29, 0.717) is 60.0 Å². The van der Waals surface area contributed by atoms with E-state index in [1.165, 1.54) is 14.2 Å². The van der Waals surface area contributed by atoms with Crippen molar-refractivity contribution in [1.82, 2.24) is 14.9 Å². The lowest BCUT2D eigenvalue weighted by Crippen LogP contribution is -2.49. The Morgan fingerprint density at radius 3 is 2.35 bits per heavy atom. The first-order valence-electron chi connectivity index (χ1n) is 9.83. The van der Waals surface area contributed by atoms with Gasteiger partial charge >= 0.3 is 0 Å². The van der Waals surface area contributed by atoms with Gasteiger partial charge in [-0.2, -0.15) is 0 Å². The molecule has 1 amide bonds. The van der Waals surface area contributed by atoms with Crippen molar-refractivity contribution in [3.05, 3.63) is 53.9 Å². The maximum absolute atomic E-state index is 13.3. The van der Waals surface area contributed by atoms with Gasteiger partial charge in [-0.1, -0.05) is 12.1 Å². The maximum Gasteiger partial charge on any atom is 0.297 e. The average Bonchev–Trinajstić information content (AvgIpc) is 2.82. The van der Waals surface area contributed by atoms with E-state index in [2.05, 4.69) is 9.97 Å². The number of piperazine rings is 1. The summed E-state index contributed by atoms with van der Waals surface area (Å²) in [5, 5.41) is 0.714. The van der Waals surface area contributed by atoms with Crippen molar-refractivity contribution < 1.29 is 23.0 Å². The summed E-state index contributed by atoms with van der Waals surface area (Å²) in [5.74, 6) is 0.895. The lowest BCUT2D eigenvalue weighted by atomic mass is 10.1. The molecule has 1 aliphatic rings. The molecule has 1 aliphatic heterocycles. The quantitative estimate of drug-likeness (QED) is 0.619. The zero-order valence-electron chi connectivity index (χ0n) is 17.2. The fourth-order valence-corrected chi connectivity index (χ4v) is 3.69. The van der Waals surface area contributed by atoms with Gasteiger partial charge in [-0.05, 0) is 30.3 Å². The van der Waals surface area contributed by atoms with Crippen LogP contribution in [0.1, 0.15) is 22.6 Å². The Bertz CT molecular complexity index is 1100. The van der Waals surface area contributed by atoms with Gasteiger partial charge in [0.25, 0.3) is 12.3 Å². The lowest BCUT2D eigenvalue weighted by molar-refractivity contribution is 0.0746. The van der Waals surface area contributed by atoms with Crippen molar-refractivity contribution in [2.45, 2.75) is 6.43 Å². The van der Waals surface area contributed by atoms with Gasteiger partial charge in [-0.25, -0.2) is 18.7 Å². The molecule has 0 bridgehead atoms. The summed E-state index contributed by atoms with van der Waals surface area (Å²) in [6, 6.07) is 12.1. The lowest BCUT2D eigenvalue weighted by Gasteiger charge is -2.36. The molecular weight excluding hydrogens is 406 g/mol. The molecule has 1 fully saturated rings. The minimum atomic E-state index is -2.75. The predicted molar refractivity (Wildman–Crippen MR) is 112 cm³/mol. The van der Waals surface area contributed by atoms with Crippen LogP contribution in [0, 0.1) is 0 Å². The number of amides is 1. The van der Waals surface area contributed by atoms with Gasteiger partial charge in [0.05, 0.1) is 19.7 Å². The van der Waals surface area contributed by atoms with Gasteiger partial charge in [-0.15, -0.1) is 0 Å². The van der Waals surface area contributed by atoms with Crippen molar-refractivity contribution in [3.63, 3.8) is 0 Å². The summed E-state index contributed by atoms with van der Waals surface area (Å²) in [4.78, 5) is 24.7. The molecule has 4 rings (SSSR count). The number of para-hydroxylation sites is 1. The smallest absolute Gasteiger partial charge is 0.297 e. The van der Waals surface area contributed by atoms with Crippen molar-refractivity contribution in [2.24, 2.45) is 0 Å². The first kappa shape index (κ1) is 20.8. The Morgan fingerprint density at radius 2 is 1.68 bits per heavy atom. The van der Waals surface area contributed by atoms with Gasteiger partial charge in [0.2, 0.25) is 0 Å². The Kier molecular flexibility index (Phi) is 5.83. The molecule has 2 aromatic carbocycles. The summed E-state index contributed by atoms with van der Waals surface area (Å²) < 4.78 is 37.1. The standard InChI is InChI=1S/C22H22F2N4O3/c1-30-17-8-7-14(13-18(17)31-2)22(29)28-11-9-27(10-12-28)21-15-5-3-4-6-16(15)25-20(26-21)19(23)24/h3-8,13,19H,9-12H2,1-2H3. The largest absolute Gasteiger partial charge is 0.493 e. The van der Waals surface area contributed by atoms with E-state index in [1.807, 2.05) is 17.0 Å². The summed E-state index contributed by atoms with van der Waals surface area (Å²) in [7, 11) is 3.05. The van der Waals surface area contributed by atoms with E-state index in [9.17, 15) is 13.6 Å². The van der Waals surface area contributed by atoms with Gasteiger partial charge < -0.3 is 19.3 Å². The third-order valence-electron chi connectivity index (χ3n) is 5.29. The molecule has 31 heavy (non-hydrogen) atoms. The van der Waals surface area contributed by atoms with Crippen LogP contribution in [0.15, 0.2) is 42.5 Å². The zero-order valence-corrected chi connectivity index (χ0v) is 17.2. The molecule has 162 valence electrons. The molecule has 0 aliphatic carbocycles. The molecule has 0 N–H and O–H groups in total. The number of carbonyl (C=O) groups excluding carboxylic acids is 1. The topological polar surface area (TPSA) is 67.8 Å². The zero-order chi connectivity index (χ0) is 22.0. The summed E-state index contributed by atoms with van der Waals surface area (Å²) in [6.45, 7) is 1.83. The number of carbonyl (C=O) groups is 1. The van der Waals surface area contributed by atoms with Crippen LogP contribution < -0.4 is 14.4 Å². The minimum absolute atomic E-state index is 0.124. The Hall–Kier alpha value is -3.49. The molecule has 0 spiro atoms. The number of halogens is 2. The van der Waals surface area contributed by atoms with Crippen molar-refractivity contribution in [3.8, 4) is 11.5 Å². The molecule has 9 heteroatoms. The van der Waals surface area contributed by atoms with E-state index in [1.54, 1.807) is 35.2 Å². The van der Waals surface area contributed by atoms with Gasteiger partial charge in [0.15, 0.2) is 17.3 Å². The number of hydrogen-bond acceptors (Lipinski definition) is 6. The molecule has 3 aromatic rings. The highest BCUT2D eigenvalue weighted by atomic mass is 19.3. The van der Waals surface area contributed by atoms with Gasteiger partial charge in [0, 0.05) is 37.1 Å². The fourth-order valence-electron chi connectivity index (χ4n) is 3.69. The van der Waals surface area contributed by atoms with E-state index in [0.717, 1.165) is 0 Å². The average molecular weight is 428 g/mol. The Morgan fingerprint density at radius 1 is 0.968 bits per heavy atom. The van der Waals surface area contributed by atoms with E-state index < -0.39 is 12.2 Å². The number of nitrogens with zero attached hydrogens (tertiary/aromatic N) is 4. The van der Waals surface area contributed by atoms with Crippen LogP contribution >= 0.6 is 0 Å². The highest BCUT2D eigenvalue weighted by Crippen LogP contribution is 2.30. The SMILES string of the molecule is COc1ccc(C(=O)N2CCN(c3nc(C(F)F)nc4ccccc34)CC2)cc1OC. The van der Waals surface area contributed by atoms with E-state index >= 15 is 0 Å². The first-order valence-corrected chi connectivity index (χ1v) is 9.83. The summed E-state index contributed by atoms with van der Waals surface area (Å²) in [6.07, 6.45) is -2.75. The molecule has 7 nitrogen and oxygen atoms in total. The van der Waals surface area contributed by atoms with Crippen molar-refractivity contribution >= 4 is 22.6 Å². The molecule has 0 saturated carbocycles. The number of hydrogen-bond donors (Lipinski definition) is 0. The number of rotatable bonds is 5. The minimum Gasteiger partial charge on any atom is -0.493 e. The number of fused-ring (bicyclic) bond motifs is 1. The highest BCUT2D eigenvalue weighted by molar-refractivity contribution is 5.95. The second-order valence-electron chi connectivity index (χ2n) is 7.07. The normalized spacial score (nSPS) is 14.2. The molecule has 0 radical (unpaired) electrons. The molecule has 1 aromatic heterocycles. The van der Waals surface area contributed by atoms with Crippen LogP contribution in [0.4, 0.5) is 14.6 Å². The number of alkyl halides is 2. The maximum atomic E-state index is 13.3. The number of methoxy groups -OCH3 is 2. The molecule has 1 saturated heterocycles. The molecule has 0 unspecified atom stereocenters. The van der Waals surface area contributed by atoms with Crippen LogP contribution in [-0.2, 0) is 0 Å². The second kappa shape index (κ2) is 8.71. The fraction of sp³-hybridized carbons (Fsp3) is 0.318. The highest BCUT2D eigenvalue weighted by Gasteiger charge is 2.26. The monoisotopic (exact) mass is 428 g/mol. The van der Waals surface area contributed by atoms with Crippen LogP contribution in [0.2, 0.25) is 0 Å². The van der Waals surface area contributed by atoms with Crippen LogP contribution in [0.5, 0.6) is 11.5 Å². The second-order valence-corrected chi connectivity index (χ2v) is 7.07. The van der Waals surface area contributed by atoms with E-state index in [4.69, 9.17) is 9.47 Å². The Balaban J connectivity index is 1.53. The molecule has 2 heterocycles. The Labute approximate surface area is 178 Å². The summed E-state index contributed by atoms with van der Waals surface area (Å²) >= 11 is 0. The van der Waals surface area contributed by atoms with Crippen molar-refractivity contribution in [2.75, 3.05) is 45.3 Å².